The highest BCUT2D eigenvalue weighted by Crippen LogP contribution is 2.43. The quantitative estimate of drug-likeness (QED) is 0.236. The van der Waals surface area contributed by atoms with Crippen LogP contribution >= 0.6 is 0 Å². The molecule has 0 amide bonds. The van der Waals surface area contributed by atoms with Crippen LogP contribution in [0.3, 0.4) is 0 Å². The van der Waals surface area contributed by atoms with Gasteiger partial charge in [0, 0.05) is 0 Å². The normalized spacial score (nSPS) is 25.6. The molecule has 36 heavy (non-hydrogen) atoms. The van der Waals surface area contributed by atoms with E-state index >= 15 is 0 Å². The van der Waals surface area contributed by atoms with Crippen molar-refractivity contribution < 1.29 is 17.6 Å². The van der Waals surface area contributed by atoms with Gasteiger partial charge in [-0.05, 0) is 110 Å². The van der Waals surface area contributed by atoms with E-state index in [1.807, 2.05) is 0 Å². The monoisotopic (exact) mass is 502 g/mol. The summed E-state index contributed by atoms with van der Waals surface area (Å²) < 4.78 is 56.6. The van der Waals surface area contributed by atoms with Crippen LogP contribution in [-0.2, 0) is 0 Å². The topological polar surface area (TPSA) is 0 Å². The van der Waals surface area contributed by atoms with Crippen LogP contribution in [0.2, 0.25) is 0 Å². The van der Waals surface area contributed by atoms with Gasteiger partial charge in [0.1, 0.15) is 11.6 Å². The first kappa shape index (κ1) is 27.2. The second kappa shape index (κ2) is 12.6. The first-order valence-corrected chi connectivity index (χ1v) is 14.3. The van der Waals surface area contributed by atoms with E-state index in [1.54, 1.807) is 0 Å². The summed E-state index contributed by atoms with van der Waals surface area (Å²) in [6.07, 6.45) is 16.5. The van der Waals surface area contributed by atoms with Crippen molar-refractivity contribution in [1.29, 1.82) is 0 Å². The SMILES string of the molecule is CCCCCC1CCC(C(C)CC2CCC(c3cc(F)c(-c4ccc(F)c(F)c4)c(F)c3)CC2)CC1. The molecule has 0 radical (unpaired) electrons. The molecule has 2 aromatic carbocycles. The van der Waals surface area contributed by atoms with E-state index in [0.717, 1.165) is 55.6 Å². The number of halogens is 4. The molecule has 0 aromatic heterocycles. The minimum atomic E-state index is -1.11. The van der Waals surface area contributed by atoms with E-state index in [4.69, 9.17) is 0 Å². The number of hydrogen-bond donors (Lipinski definition) is 0. The van der Waals surface area contributed by atoms with Crippen molar-refractivity contribution in [2.45, 2.75) is 103 Å². The lowest BCUT2D eigenvalue weighted by Gasteiger charge is -2.36. The average Bonchev–Trinajstić information content (AvgIpc) is 2.87. The summed E-state index contributed by atoms with van der Waals surface area (Å²) in [5.74, 6) is -0.141. The van der Waals surface area contributed by atoms with Gasteiger partial charge in [0.15, 0.2) is 11.6 Å². The van der Waals surface area contributed by atoms with Gasteiger partial charge in [0.25, 0.3) is 0 Å². The molecule has 2 aliphatic rings. The minimum absolute atomic E-state index is 0.0168. The van der Waals surface area contributed by atoms with Gasteiger partial charge in [-0.15, -0.1) is 0 Å². The van der Waals surface area contributed by atoms with E-state index in [1.165, 1.54) is 76.0 Å². The van der Waals surface area contributed by atoms with E-state index < -0.39 is 23.3 Å². The lowest BCUT2D eigenvalue weighted by Crippen LogP contribution is -2.23. The summed E-state index contributed by atoms with van der Waals surface area (Å²) >= 11 is 0. The molecule has 0 spiro atoms. The van der Waals surface area contributed by atoms with E-state index in [-0.39, 0.29) is 17.0 Å². The highest BCUT2D eigenvalue weighted by atomic mass is 19.2. The second-order valence-corrected chi connectivity index (χ2v) is 11.7. The number of benzene rings is 2. The minimum Gasteiger partial charge on any atom is -0.206 e. The molecule has 1 atom stereocenters. The highest BCUT2D eigenvalue weighted by Gasteiger charge is 2.29. The van der Waals surface area contributed by atoms with Crippen molar-refractivity contribution in [3.05, 3.63) is 59.2 Å². The Bertz CT molecular complexity index is 961. The van der Waals surface area contributed by atoms with Gasteiger partial charge >= 0.3 is 0 Å². The fourth-order valence-corrected chi connectivity index (χ4v) is 6.93. The number of rotatable bonds is 9. The molecule has 2 fully saturated rings. The third-order valence-electron chi connectivity index (χ3n) is 9.21. The fourth-order valence-electron chi connectivity index (χ4n) is 6.93. The third-order valence-corrected chi connectivity index (χ3v) is 9.21. The van der Waals surface area contributed by atoms with Gasteiger partial charge in [0.2, 0.25) is 0 Å². The Morgan fingerprint density at radius 1 is 0.722 bits per heavy atom. The zero-order valence-corrected chi connectivity index (χ0v) is 22.0. The van der Waals surface area contributed by atoms with Gasteiger partial charge in [-0.25, -0.2) is 17.6 Å². The van der Waals surface area contributed by atoms with Crippen molar-refractivity contribution >= 4 is 0 Å². The van der Waals surface area contributed by atoms with Gasteiger partial charge in [-0.1, -0.05) is 58.4 Å². The third kappa shape index (κ3) is 6.72. The summed E-state index contributed by atoms with van der Waals surface area (Å²) in [6, 6.07) is 5.75. The van der Waals surface area contributed by atoms with Gasteiger partial charge < -0.3 is 0 Å². The second-order valence-electron chi connectivity index (χ2n) is 11.7. The molecular formula is C32H42F4. The highest BCUT2D eigenvalue weighted by molar-refractivity contribution is 5.65. The lowest BCUT2D eigenvalue weighted by molar-refractivity contribution is 0.169. The molecule has 0 heterocycles. The first-order valence-electron chi connectivity index (χ1n) is 14.3. The summed E-state index contributed by atoms with van der Waals surface area (Å²) in [5, 5.41) is 0. The Balaban J connectivity index is 1.28. The Hall–Kier alpha value is -1.84. The Kier molecular flexibility index (Phi) is 9.52. The maximum Gasteiger partial charge on any atom is 0.159 e. The lowest BCUT2D eigenvalue weighted by atomic mass is 9.70. The zero-order valence-electron chi connectivity index (χ0n) is 22.0. The summed E-state index contributed by atoms with van der Waals surface area (Å²) in [7, 11) is 0. The van der Waals surface area contributed by atoms with Crippen LogP contribution in [0.25, 0.3) is 11.1 Å². The van der Waals surface area contributed by atoms with Crippen LogP contribution in [-0.4, -0.2) is 0 Å². The van der Waals surface area contributed by atoms with Crippen LogP contribution in [0.1, 0.15) is 109 Å². The molecule has 0 nitrogen and oxygen atoms in total. The molecule has 0 bridgehead atoms. The molecule has 1 unspecified atom stereocenters. The summed E-state index contributed by atoms with van der Waals surface area (Å²) in [4.78, 5) is 0. The van der Waals surface area contributed by atoms with Crippen molar-refractivity contribution in [2.24, 2.45) is 23.7 Å². The molecule has 2 aliphatic carbocycles. The molecule has 198 valence electrons. The molecule has 2 saturated carbocycles. The van der Waals surface area contributed by atoms with Crippen LogP contribution in [0.5, 0.6) is 0 Å². The Labute approximate surface area is 214 Å². The molecule has 0 aliphatic heterocycles. The van der Waals surface area contributed by atoms with Crippen molar-refractivity contribution in [3.63, 3.8) is 0 Å². The molecule has 0 N–H and O–H groups in total. The van der Waals surface area contributed by atoms with Gasteiger partial charge in [-0.2, -0.15) is 0 Å². The molecule has 4 heteroatoms. The van der Waals surface area contributed by atoms with E-state index in [9.17, 15) is 17.6 Å². The van der Waals surface area contributed by atoms with Crippen LogP contribution in [0.15, 0.2) is 30.3 Å². The fraction of sp³-hybridized carbons (Fsp3) is 0.625. The average molecular weight is 503 g/mol. The summed E-state index contributed by atoms with van der Waals surface area (Å²) in [5.41, 5.74) is 0.410. The largest absolute Gasteiger partial charge is 0.206 e. The predicted molar refractivity (Wildman–Crippen MR) is 140 cm³/mol. The van der Waals surface area contributed by atoms with E-state index in [2.05, 4.69) is 13.8 Å². The Morgan fingerprint density at radius 2 is 1.36 bits per heavy atom. The molecule has 2 aromatic rings. The Morgan fingerprint density at radius 3 is 1.97 bits per heavy atom. The number of unbranched alkanes of at least 4 members (excludes halogenated alkanes) is 2. The first-order chi connectivity index (χ1) is 17.4. The van der Waals surface area contributed by atoms with Crippen molar-refractivity contribution in [2.75, 3.05) is 0 Å². The van der Waals surface area contributed by atoms with Crippen LogP contribution in [0.4, 0.5) is 17.6 Å². The zero-order chi connectivity index (χ0) is 25.7. The van der Waals surface area contributed by atoms with Crippen LogP contribution < -0.4 is 0 Å². The number of hydrogen-bond acceptors (Lipinski definition) is 0. The maximum absolute atomic E-state index is 14.9. The van der Waals surface area contributed by atoms with Gasteiger partial charge in [0.05, 0.1) is 5.56 Å². The molecule has 4 rings (SSSR count). The van der Waals surface area contributed by atoms with E-state index in [0.29, 0.717) is 11.5 Å². The van der Waals surface area contributed by atoms with Crippen LogP contribution in [0, 0.1) is 46.9 Å². The molecular weight excluding hydrogens is 460 g/mol. The smallest absolute Gasteiger partial charge is 0.159 e. The summed E-state index contributed by atoms with van der Waals surface area (Å²) in [6.45, 7) is 4.72. The standard InChI is InChI=1S/C32H42F4/c1-3-4-5-6-22-7-11-24(12-8-22)21(2)17-23-9-13-25(14-10-23)27-19-30(35)32(31(36)20-27)26-15-16-28(33)29(34)18-26/h15-16,18-25H,3-14,17H2,1-2H3. The van der Waals surface area contributed by atoms with Crippen molar-refractivity contribution in [3.8, 4) is 11.1 Å². The maximum atomic E-state index is 14.9. The van der Waals surface area contributed by atoms with Crippen molar-refractivity contribution in [1.82, 2.24) is 0 Å². The van der Waals surface area contributed by atoms with Gasteiger partial charge in [-0.3, -0.25) is 0 Å². The predicted octanol–water partition coefficient (Wildman–Crippen LogP) is 10.6. The molecule has 0 saturated heterocycles.